The molecule has 1 fully saturated rings. The van der Waals surface area contributed by atoms with Crippen LogP contribution in [0.1, 0.15) is 94.1 Å². The third-order valence-corrected chi connectivity index (χ3v) is 9.12. The molecule has 2 aliphatic rings. The van der Waals surface area contributed by atoms with Crippen LogP contribution < -0.4 is 16.0 Å². The van der Waals surface area contributed by atoms with E-state index in [9.17, 15) is 29.7 Å². The number of H-pyrrole nitrogens is 3. The minimum absolute atomic E-state index is 0.0126. The summed E-state index contributed by atoms with van der Waals surface area (Å²) in [5, 5.41) is 35.1. The number of allylic oxidation sites excluding steroid dienone is 2. The Bertz CT molecular complexity index is 1910. The van der Waals surface area contributed by atoms with Gasteiger partial charge in [-0.3, -0.25) is 9.59 Å². The largest absolute Gasteiger partial charge is 0.481 e. The molecule has 1 saturated heterocycles. The van der Waals surface area contributed by atoms with Crippen molar-refractivity contribution in [1.29, 1.82) is 0 Å². The lowest BCUT2D eigenvalue weighted by Crippen LogP contribution is -2.16. The Morgan fingerprint density at radius 1 is 0.886 bits per heavy atom. The Balaban J connectivity index is 1.94. The van der Waals surface area contributed by atoms with E-state index >= 15 is 0 Å². The number of aromatic carboxylic acids is 1. The predicted molar refractivity (Wildman–Crippen MR) is 169 cm³/mol. The van der Waals surface area contributed by atoms with Gasteiger partial charge in [0.1, 0.15) is 0 Å². The Hall–Kier alpha value is -4.99. The number of hydrogen-bond acceptors (Lipinski definition) is 4. The van der Waals surface area contributed by atoms with Crippen LogP contribution in [0.5, 0.6) is 0 Å². The molecule has 8 bridgehead atoms. The SMILES string of the molecule is C=Cc1c2[nH]c(c1C)C=C1NC(=C(CC(=O)O)c3[nH]c(c(C)c3C(=O)O)C=c3[nH]c(c(C)c3CC)=C2)[C@H](CCC(=O)O)[C@@H]1C. The maximum absolute atomic E-state index is 12.7. The number of carbonyl (C=O) groups is 3. The number of hydrogen-bond donors (Lipinski definition) is 7. The van der Waals surface area contributed by atoms with Crippen molar-refractivity contribution in [1.82, 2.24) is 20.3 Å². The molecule has 0 aliphatic carbocycles. The van der Waals surface area contributed by atoms with Gasteiger partial charge in [0.25, 0.3) is 0 Å². The molecule has 7 N–H and O–H groups in total. The van der Waals surface area contributed by atoms with Crippen molar-refractivity contribution in [3.63, 3.8) is 0 Å². The molecule has 10 nitrogen and oxygen atoms in total. The van der Waals surface area contributed by atoms with E-state index in [1.165, 1.54) is 0 Å². The van der Waals surface area contributed by atoms with E-state index in [0.717, 1.165) is 56.5 Å². The second kappa shape index (κ2) is 11.6. The molecule has 3 aromatic rings. The molecule has 0 amide bonds. The number of rotatable bonds is 8. The normalized spacial score (nSPS) is 17.4. The summed E-state index contributed by atoms with van der Waals surface area (Å²) in [6.45, 7) is 13.8. The first-order valence-electron chi connectivity index (χ1n) is 14.7. The van der Waals surface area contributed by atoms with Crippen molar-refractivity contribution in [3.8, 4) is 0 Å². The Labute approximate surface area is 254 Å². The minimum Gasteiger partial charge on any atom is -0.481 e. The van der Waals surface area contributed by atoms with Crippen molar-refractivity contribution in [2.45, 2.75) is 60.3 Å². The van der Waals surface area contributed by atoms with E-state index in [1.807, 2.05) is 39.0 Å². The fraction of sp³-hybridized carbons (Fsp3) is 0.324. The number of fused-ring (bicyclic) bond motifs is 8. The third-order valence-electron chi connectivity index (χ3n) is 9.12. The topological polar surface area (TPSA) is 171 Å². The maximum Gasteiger partial charge on any atom is 0.338 e. The van der Waals surface area contributed by atoms with Gasteiger partial charge in [-0.05, 0) is 74.1 Å². The number of aromatic amines is 3. The second-order valence-electron chi connectivity index (χ2n) is 11.6. The van der Waals surface area contributed by atoms with Crippen LogP contribution in [0.4, 0.5) is 0 Å². The van der Waals surface area contributed by atoms with Crippen molar-refractivity contribution in [2.24, 2.45) is 11.8 Å². The first-order chi connectivity index (χ1) is 20.9. The van der Waals surface area contributed by atoms with Crippen molar-refractivity contribution < 1.29 is 29.7 Å². The second-order valence-corrected chi connectivity index (χ2v) is 11.6. The first-order valence-corrected chi connectivity index (χ1v) is 14.7. The summed E-state index contributed by atoms with van der Waals surface area (Å²) < 4.78 is 0. The highest BCUT2D eigenvalue weighted by Gasteiger charge is 2.37. The van der Waals surface area contributed by atoms with Crippen LogP contribution in [0.2, 0.25) is 0 Å². The standard InChI is InChI=1S/C34H38N4O6/c1-7-19-15(3)23-12-25-17(5)21(9-10-29(39)40)32(37-25)22(11-30(41)42)33-31(34(43)44)18(6)26(38-33)14-28-20(8-2)16(4)24(36-28)13-27(19)35-23/h7,12-14,17,21,35-38H,1,8-11H2,2-6H3,(H,39,40)(H,41,42)(H,43,44)/t17-,21+/m0/s1. The molecule has 44 heavy (non-hydrogen) atoms. The average Bonchev–Trinajstić information content (AvgIpc) is 3.63. The van der Waals surface area contributed by atoms with Gasteiger partial charge in [0.15, 0.2) is 0 Å². The Morgan fingerprint density at radius 2 is 1.57 bits per heavy atom. The van der Waals surface area contributed by atoms with Gasteiger partial charge in [0.05, 0.1) is 17.7 Å². The van der Waals surface area contributed by atoms with E-state index in [-0.39, 0.29) is 35.9 Å². The number of aliphatic carboxylic acids is 2. The van der Waals surface area contributed by atoms with Crippen LogP contribution in [0.15, 0.2) is 18.0 Å². The van der Waals surface area contributed by atoms with Crippen molar-refractivity contribution >= 4 is 47.8 Å². The molecule has 10 heteroatoms. The molecule has 0 radical (unpaired) electrons. The third kappa shape index (κ3) is 5.21. The fourth-order valence-corrected chi connectivity index (χ4v) is 6.71. The lowest BCUT2D eigenvalue weighted by Gasteiger charge is -2.18. The summed E-state index contributed by atoms with van der Waals surface area (Å²) >= 11 is 0. The molecule has 5 heterocycles. The molecule has 3 aromatic heterocycles. The van der Waals surface area contributed by atoms with E-state index in [1.54, 1.807) is 6.92 Å². The molecule has 0 unspecified atom stereocenters. The molecule has 2 aliphatic heterocycles. The fourth-order valence-electron chi connectivity index (χ4n) is 6.71. The zero-order valence-electron chi connectivity index (χ0n) is 25.6. The summed E-state index contributed by atoms with van der Waals surface area (Å²) in [5.41, 5.74) is 8.56. The van der Waals surface area contributed by atoms with Gasteiger partial charge in [-0.15, -0.1) is 0 Å². The average molecular weight is 599 g/mol. The highest BCUT2D eigenvalue weighted by Crippen LogP contribution is 2.42. The van der Waals surface area contributed by atoms with E-state index in [0.29, 0.717) is 22.5 Å². The zero-order valence-corrected chi connectivity index (χ0v) is 25.6. The highest BCUT2D eigenvalue weighted by atomic mass is 16.4. The van der Waals surface area contributed by atoms with Crippen LogP contribution in [0, 0.1) is 32.6 Å². The summed E-state index contributed by atoms with van der Waals surface area (Å²) in [6.07, 6.45) is 8.10. The summed E-state index contributed by atoms with van der Waals surface area (Å²) in [5.74, 6) is -3.87. The van der Waals surface area contributed by atoms with Gasteiger partial charge in [0, 0.05) is 68.6 Å². The van der Waals surface area contributed by atoms with Gasteiger partial charge in [0.2, 0.25) is 0 Å². The number of aromatic nitrogens is 3. The lowest BCUT2D eigenvalue weighted by molar-refractivity contribution is -0.137. The van der Waals surface area contributed by atoms with Gasteiger partial charge in [-0.25, -0.2) is 4.79 Å². The smallest absolute Gasteiger partial charge is 0.338 e. The molecule has 0 aromatic carbocycles. The molecule has 0 saturated carbocycles. The van der Waals surface area contributed by atoms with Gasteiger partial charge in [-0.2, -0.15) is 0 Å². The van der Waals surface area contributed by atoms with Crippen LogP contribution in [0.3, 0.4) is 0 Å². The molecule has 2 atom stereocenters. The van der Waals surface area contributed by atoms with Crippen LogP contribution in [-0.2, 0) is 16.0 Å². The predicted octanol–water partition coefficient (Wildman–Crippen LogP) is 4.42. The van der Waals surface area contributed by atoms with Gasteiger partial charge >= 0.3 is 17.9 Å². The van der Waals surface area contributed by atoms with Crippen LogP contribution in [-0.4, -0.2) is 48.2 Å². The van der Waals surface area contributed by atoms with Gasteiger partial charge < -0.3 is 35.6 Å². The highest BCUT2D eigenvalue weighted by molar-refractivity contribution is 5.99. The maximum atomic E-state index is 12.7. The number of carboxylic acid groups (broad SMARTS) is 3. The molecular weight excluding hydrogens is 560 g/mol. The monoisotopic (exact) mass is 598 g/mol. The van der Waals surface area contributed by atoms with Crippen molar-refractivity contribution in [2.75, 3.05) is 0 Å². The van der Waals surface area contributed by atoms with Gasteiger partial charge in [-0.1, -0.05) is 26.5 Å². The van der Waals surface area contributed by atoms with E-state index in [4.69, 9.17) is 0 Å². The summed E-state index contributed by atoms with van der Waals surface area (Å²) in [7, 11) is 0. The molecular formula is C34H38N4O6. The van der Waals surface area contributed by atoms with Crippen molar-refractivity contribution in [3.05, 3.63) is 84.8 Å². The van der Waals surface area contributed by atoms with Crippen LogP contribution in [0.25, 0.3) is 29.9 Å². The minimum atomic E-state index is -1.18. The van der Waals surface area contributed by atoms with Crippen LogP contribution >= 0.6 is 0 Å². The Morgan fingerprint density at radius 3 is 2.18 bits per heavy atom. The molecule has 230 valence electrons. The van der Waals surface area contributed by atoms with E-state index < -0.39 is 24.3 Å². The zero-order chi connectivity index (χ0) is 32.0. The quantitative estimate of drug-likeness (QED) is 0.201. The van der Waals surface area contributed by atoms with E-state index in [2.05, 4.69) is 39.8 Å². The summed E-state index contributed by atoms with van der Waals surface area (Å²) in [6, 6.07) is 0. The number of nitrogens with one attached hydrogen (secondary N) is 4. The Kier molecular flexibility index (Phi) is 8.03. The number of carboxylic acids is 3. The lowest BCUT2D eigenvalue weighted by atomic mass is 9.85. The molecule has 0 spiro atoms. The molecule has 5 rings (SSSR count). The first kappa shape index (κ1) is 30.5. The summed E-state index contributed by atoms with van der Waals surface area (Å²) in [4.78, 5) is 47.0.